The second kappa shape index (κ2) is 12.1. The molecule has 12 heteroatoms. The zero-order valence-corrected chi connectivity index (χ0v) is 26.3. The number of ketones is 1. The third-order valence-corrected chi connectivity index (χ3v) is 8.01. The maximum absolute atomic E-state index is 14.3. The Morgan fingerprint density at radius 3 is 2.36 bits per heavy atom. The lowest BCUT2D eigenvalue weighted by Crippen LogP contribution is -2.56. The molecule has 2 unspecified atom stereocenters. The van der Waals surface area contributed by atoms with Crippen molar-refractivity contribution in [3.8, 4) is 11.4 Å². The van der Waals surface area contributed by atoms with E-state index in [0.29, 0.717) is 53.4 Å². The molecule has 4 aromatic rings. The Labute approximate surface area is 261 Å². The Balaban J connectivity index is 1.39. The van der Waals surface area contributed by atoms with Crippen molar-refractivity contribution in [2.45, 2.75) is 84.3 Å². The van der Waals surface area contributed by atoms with Crippen LogP contribution in [0.3, 0.4) is 0 Å². The van der Waals surface area contributed by atoms with Gasteiger partial charge in [0, 0.05) is 30.7 Å². The maximum Gasteiger partial charge on any atom is 0.410 e. The fraction of sp³-hybridized carbons (Fsp3) is 0.455. The highest BCUT2D eigenvalue weighted by Crippen LogP contribution is 2.33. The van der Waals surface area contributed by atoms with Gasteiger partial charge < -0.3 is 9.47 Å². The molecule has 2 atom stereocenters. The summed E-state index contributed by atoms with van der Waals surface area (Å²) in [6.45, 7) is 11.0. The lowest BCUT2D eigenvalue weighted by Gasteiger charge is -2.41. The van der Waals surface area contributed by atoms with E-state index in [4.69, 9.17) is 14.5 Å². The van der Waals surface area contributed by atoms with E-state index in [9.17, 15) is 14.4 Å². The lowest BCUT2D eigenvalue weighted by atomic mass is 10.1. The molecule has 0 spiro atoms. The number of hydrogen-bond donors (Lipinski definition) is 0. The van der Waals surface area contributed by atoms with Gasteiger partial charge in [0.1, 0.15) is 23.7 Å². The molecule has 2 aliphatic heterocycles. The Hall–Kier alpha value is -4.58. The van der Waals surface area contributed by atoms with Crippen LogP contribution in [0.4, 0.5) is 4.79 Å². The molecule has 0 saturated carbocycles. The number of nitrogens with zero attached hydrogens (tertiary/aromatic N) is 7. The van der Waals surface area contributed by atoms with E-state index in [-0.39, 0.29) is 42.2 Å². The van der Waals surface area contributed by atoms with Crippen molar-refractivity contribution in [2.24, 2.45) is 0 Å². The summed E-state index contributed by atoms with van der Waals surface area (Å²) in [4.78, 5) is 51.0. The van der Waals surface area contributed by atoms with E-state index in [2.05, 4.69) is 15.1 Å². The van der Waals surface area contributed by atoms with Crippen molar-refractivity contribution in [1.29, 1.82) is 0 Å². The van der Waals surface area contributed by atoms with E-state index in [1.165, 1.54) is 17.2 Å². The first-order chi connectivity index (χ1) is 21.5. The van der Waals surface area contributed by atoms with Crippen LogP contribution in [0.15, 0.2) is 59.7 Å². The SMILES string of the molecule is CC(C)Oc1ccc(C(=O)Cn2nccn2)cc1-n1c(CN2CC3CCC(C2)N3C(=O)OC(C)(C)C)nc2ccccc2c1=O. The van der Waals surface area contributed by atoms with E-state index in [1.807, 2.05) is 57.7 Å². The van der Waals surface area contributed by atoms with Gasteiger partial charge in [0.05, 0.1) is 41.6 Å². The van der Waals surface area contributed by atoms with Crippen LogP contribution in [-0.2, 0) is 17.8 Å². The Morgan fingerprint density at radius 2 is 1.69 bits per heavy atom. The van der Waals surface area contributed by atoms with E-state index < -0.39 is 5.60 Å². The van der Waals surface area contributed by atoms with Crippen LogP contribution in [0.2, 0.25) is 0 Å². The van der Waals surface area contributed by atoms with Crippen LogP contribution in [0.25, 0.3) is 16.6 Å². The molecule has 2 aliphatic rings. The topological polar surface area (TPSA) is 125 Å². The molecule has 45 heavy (non-hydrogen) atoms. The third kappa shape index (κ3) is 6.46. The van der Waals surface area contributed by atoms with Gasteiger partial charge in [0.15, 0.2) is 5.78 Å². The van der Waals surface area contributed by atoms with Crippen molar-refractivity contribution >= 4 is 22.8 Å². The summed E-state index contributed by atoms with van der Waals surface area (Å²) in [5.74, 6) is 0.784. The molecule has 12 nitrogen and oxygen atoms in total. The summed E-state index contributed by atoms with van der Waals surface area (Å²) in [5.41, 5.74) is 0.606. The summed E-state index contributed by atoms with van der Waals surface area (Å²) in [7, 11) is 0. The van der Waals surface area contributed by atoms with Gasteiger partial charge >= 0.3 is 6.09 Å². The van der Waals surface area contributed by atoms with Gasteiger partial charge in [-0.1, -0.05) is 12.1 Å². The van der Waals surface area contributed by atoms with Gasteiger partial charge in [0.2, 0.25) is 0 Å². The van der Waals surface area contributed by atoms with E-state index in [1.54, 1.807) is 28.8 Å². The fourth-order valence-corrected chi connectivity index (χ4v) is 6.23. The molecule has 4 heterocycles. The Morgan fingerprint density at radius 1 is 1.00 bits per heavy atom. The molecule has 2 fully saturated rings. The largest absolute Gasteiger partial charge is 0.489 e. The molecule has 2 saturated heterocycles. The van der Waals surface area contributed by atoms with Crippen LogP contribution < -0.4 is 10.3 Å². The summed E-state index contributed by atoms with van der Waals surface area (Å²) in [6, 6.07) is 12.4. The number of fused-ring (bicyclic) bond motifs is 3. The van der Waals surface area contributed by atoms with Crippen LogP contribution in [0.5, 0.6) is 5.75 Å². The van der Waals surface area contributed by atoms with Crippen molar-refractivity contribution in [3.63, 3.8) is 0 Å². The Kier molecular flexibility index (Phi) is 8.17. The number of para-hydroxylation sites is 1. The number of piperazine rings is 1. The number of benzene rings is 2. The van der Waals surface area contributed by atoms with Crippen molar-refractivity contribution in [3.05, 3.63) is 76.6 Å². The fourth-order valence-electron chi connectivity index (χ4n) is 6.23. The molecule has 0 radical (unpaired) electrons. The van der Waals surface area contributed by atoms with Gasteiger partial charge in [-0.05, 0) is 77.8 Å². The average Bonchev–Trinajstić information content (AvgIpc) is 3.58. The minimum Gasteiger partial charge on any atom is -0.489 e. The minimum atomic E-state index is -0.570. The number of rotatable bonds is 8. The highest BCUT2D eigenvalue weighted by atomic mass is 16.6. The molecule has 1 amide bonds. The number of carbonyl (C=O) groups excluding carboxylic acids is 2. The number of amides is 1. The van der Waals surface area contributed by atoms with Gasteiger partial charge in [-0.25, -0.2) is 9.78 Å². The summed E-state index contributed by atoms with van der Waals surface area (Å²) in [6.07, 6.45) is 4.36. The minimum absolute atomic E-state index is 0.0101. The van der Waals surface area contributed by atoms with E-state index in [0.717, 1.165) is 12.8 Å². The molecule has 6 rings (SSSR count). The monoisotopic (exact) mass is 613 g/mol. The number of Topliss-reactive ketones (excluding diaryl/α,β-unsaturated/α-hetero) is 1. The number of ether oxygens (including phenoxy) is 2. The highest BCUT2D eigenvalue weighted by Gasteiger charge is 2.44. The molecular weight excluding hydrogens is 574 g/mol. The first-order valence-corrected chi connectivity index (χ1v) is 15.4. The average molecular weight is 614 g/mol. The molecule has 0 aliphatic carbocycles. The van der Waals surface area contributed by atoms with Crippen molar-refractivity contribution in [1.82, 2.24) is 34.3 Å². The number of likely N-dealkylation sites (tertiary alicyclic amines) is 1. The zero-order valence-electron chi connectivity index (χ0n) is 26.3. The molecule has 0 N–H and O–H groups in total. The van der Waals surface area contributed by atoms with Crippen LogP contribution in [0, 0.1) is 0 Å². The van der Waals surface area contributed by atoms with Crippen molar-refractivity contribution < 1.29 is 19.1 Å². The number of aromatic nitrogens is 5. The quantitative estimate of drug-likeness (QED) is 0.269. The second-order valence-electron chi connectivity index (χ2n) is 13.0. The van der Waals surface area contributed by atoms with Gasteiger partial charge in [0.25, 0.3) is 5.56 Å². The summed E-state index contributed by atoms with van der Waals surface area (Å²) < 4.78 is 13.5. The van der Waals surface area contributed by atoms with Gasteiger partial charge in [-0.3, -0.25) is 24.0 Å². The van der Waals surface area contributed by atoms with Gasteiger partial charge in [-0.2, -0.15) is 15.0 Å². The molecular formula is C33H39N7O5. The van der Waals surface area contributed by atoms with Crippen molar-refractivity contribution in [2.75, 3.05) is 13.1 Å². The Bertz CT molecular complexity index is 1760. The molecule has 2 aromatic carbocycles. The highest BCUT2D eigenvalue weighted by molar-refractivity contribution is 5.96. The molecule has 2 aromatic heterocycles. The van der Waals surface area contributed by atoms with Gasteiger partial charge in [-0.15, -0.1) is 0 Å². The van der Waals surface area contributed by atoms with Crippen LogP contribution in [0.1, 0.15) is 63.6 Å². The standard InChI is InChI=1S/C33H39N7O5/c1-21(2)44-29-13-10-22(28(41)19-38-34-14-15-35-38)16-27(29)40-30(36-26-9-7-6-8-25(26)31(40)42)20-37-17-23-11-12-24(18-37)39(23)32(43)45-33(3,4)5/h6-10,13-16,21,23-24H,11-12,17-20H2,1-5H3. The predicted molar refractivity (Wildman–Crippen MR) is 168 cm³/mol. The smallest absolute Gasteiger partial charge is 0.410 e. The third-order valence-electron chi connectivity index (χ3n) is 8.01. The predicted octanol–water partition coefficient (Wildman–Crippen LogP) is 4.23. The maximum atomic E-state index is 14.3. The van der Waals surface area contributed by atoms with Crippen LogP contribution in [-0.4, -0.2) is 83.1 Å². The first-order valence-electron chi connectivity index (χ1n) is 15.4. The molecule has 236 valence electrons. The summed E-state index contributed by atoms with van der Waals surface area (Å²) in [5, 5.41) is 8.57. The van der Waals surface area contributed by atoms with E-state index >= 15 is 0 Å². The summed E-state index contributed by atoms with van der Waals surface area (Å²) >= 11 is 0. The molecule has 2 bridgehead atoms. The lowest BCUT2D eigenvalue weighted by molar-refractivity contribution is -0.00581. The number of carbonyl (C=O) groups is 2. The number of hydrogen-bond acceptors (Lipinski definition) is 9. The van der Waals surface area contributed by atoms with Crippen LogP contribution >= 0.6 is 0 Å². The zero-order chi connectivity index (χ0) is 31.9. The normalized spacial score (nSPS) is 18.5. The first kappa shape index (κ1) is 30.4. The second-order valence-corrected chi connectivity index (χ2v) is 13.0.